The van der Waals surface area contributed by atoms with Crippen molar-refractivity contribution in [3.8, 4) is 0 Å². The number of nitrogens with two attached hydrogens (primary N) is 1. The fraction of sp³-hybridized carbons (Fsp3) is 0.636. The lowest BCUT2D eigenvalue weighted by molar-refractivity contribution is 0.400. The number of hydrogen-bond acceptors (Lipinski definition) is 3. The molecule has 1 aromatic heterocycles. The SMILES string of the molecule is Cc1cnc(CC(C)(C)C)nc1CN. The maximum absolute atomic E-state index is 5.59. The molecule has 1 rings (SSSR count). The monoisotopic (exact) mass is 193 g/mol. The molecular weight excluding hydrogens is 174 g/mol. The summed E-state index contributed by atoms with van der Waals surface area (Å²) in [6.07, 6.45) is 2.75. The molecule has 0 radical (unpaired) electrons. The Kier molecular flexibility index (Phi) is 3.21. The minimum absolute atomic E-state index is 0.223. The molecule has 3 heteroatoms. The molecule has 0 spiro atoms. The summed E-state index contributed by atoms with van der Waals surface area (Å²) in [6.45, 7) is 9.02. The second-order valence-corrected chi connectivity index (χ2v) is 4.86. The molecule has 0 amide bonds. The van der Waals surface area contributed by atoms with Crippen LogP contribution in [-0.4, -0.2) is 9.97 Å². The first-order valence-corrected chi connectivity index (χ1v) is 4.94. The van der Waals surface area contributed by atoms with E-state index in [0.29, 0.717) is 6.54 Å². The molecule has 3 nitrogen and oxygen atoms in total. The van der Waals surface area contributed by atoms with Gasteiger partial charge in [-0.05, 0) is 17.9 Å². The molecule has 0 saturated carbocycles. The lowest BCUT2D eigenvalue weighted by atomic mass is 9.92. The van der Waals surface area contributed by atoms with E-state index in [4.69, 9.17) is 5.73 Å². The standard InChI is InChI=1S/C11H19N3/c1-8-7-13-10(5-11(2,3)4)14-9(8)6-12/h7H,5-6,12H2,1-4H3. The van der Waals surface area contributed by atoms with E-state index >= 15 is 0 Å². The van der Waals surface area contributed by atoms with Crippen LogP contribution in [-0.2, 0) is 13.0 Å². The van der Waals surface area contributed by atoms with Crippen molar-refractivity contribution in [2.75, 3.05) is 0 Å². The molecule has 0 fully saturated rings. The van der Waals surface area contributed by atoms with E-state index in [-0.39, 0.29) is 5.41 Å². The highest BCUT2D eigenvalue weighted by Crippen LogP contribution is 2.18. The zero-order valence-corrected chi connectivity index (χ0v) is 9.46. The molecule has 0 unspecified atom stereocenters. The molecule has 0 aromatic carbocycles. The lowest BCUT2D eigenvalue weighted by Crippen LogP contribution is -2.14. The summed E-state index contributed by atoms with van der Waals surface area (Å²) in [5.74, 6) is 0.892. The van der Waals surface area contributed by atoms with Crippen LogP contribution < -0.4 is 5.73 Å². The maximum atomic E-state index is 5.59. The van der Waals surface area contributed by atoms with Gasteiger partial charge >= 0.3 is 0 Å². The summed E-state index contributed by atoms with van der Waals surface area (Å²) >= 11 is 0. The molecule has 0 bridgehead atoms. The van der Waals surface area contributed by atoms with Gasteiger partial charge in [-0.3, -0.25) is 0 Å². The van der Waals surface area contributed by atoms with Gasteiger partial charge in [-0.25, -0.2) is 9.97 Å². The Labute approximate surface area is 85.8 Å². The zero-order chi connectivity index (χ0) is 10.8. The fourth-order valence-corrected chi connectivity index (χ4v) is 1.28. The predicted octanol–water partition coefficient (Wildman–Crippen LogP) is 1.83. The molecule has 1 aromatic rings. The van der Waals surface area contributed by atoms with Gasteiger partial charge in [0.05, 0.1) is 5.69 Å². The predicted molar refractivity (Wildman–Crippen MR) is 57.8 cm³/mol. The van der Waals surface area contributed by atoms with Gasteiger partial charge in [0, 0.05) is 19.2 Å². The average Bonchev–Trinajstić information content (AvgIpc) is 2.06. The van der Waals surface area contributed by atoms with E-state index in [1.807, 2.05) is 13.1 Å². The van der Waals surface area contributed by atoms with Gasteiger partial charge in [-0.1, -0.05) is 20.8 Å². The number of rotatable bonds is 2. The molecule has 0 saturated heterocycles. The van der Waals surface area contributed by atoms with Gasteiger partial charge in [-0.15, -0.1) is 0 Å². The first-order chi connectivity index (χ1) is 6.42. The third-order valence-electron chi connectivity index (χ3n) is 2.01. The van der Waals surface area contributed by atoms with Gasteiger partial charge in [0.2, 0.25) is 0 Å². The molecule has 0 aliphatic heterocycles. The Hall–Kier alpha value is -0.960. The second-order valence-electron chi connectivity index (χ2n) is 4.86. The van der Waals surface area contributed by atoms with E-state index in [1.54, 1.807) is 0 Å². The summed E-state index contributed by atoms with van der Waals surface area (Å²) in [7, 11) is 0. The number of nitrogens with zero attached hydrogens (tertiary/aromatic N) is 2. The van der Waals surface area contributed by atoms with Crippen molar-refractivity contribution in [1.82, 2.24) is 9.97 Å². The van der Waals surface area contributed by atoms with Crippen LogP contribution >= 0.6 is 0 Å². The third-order valence-corrected chi connectivity index (χ3v) is 2.01. The Balaban J connectivity index is 2.90. The molecule has 0 aliphatic rings. The minimum Gasteiger partial charge on any atom is -0.325 e. The minimum atomic E-state index is 0.223. The van der Waals surface area contributed by atoms with Crippen LogP contribution in [0.15, 0.2) is 6.20 Å². The van der Waals surface area contributed by atoms with Crippen molar-refractivity contribution in [3.05, 3.63) is 23.3 Å². The number of aryl methyl sites for hydroxylation is 1. The Morgan fingerprint density at radius 2 is 2.00 bits per heavy atom. The Morgan fingerprint density at radius 3 is 2.50 bits per heavy atom. The topological polar surface area (TPSA) is 51.8 Å². The quantitative estimate of drug-likeness (QED) is 0.779. The Bertz CT molecular complexity index is 313. The van der Waals surface area contributed by atoms with Crippen molar-refractivity contribution in [1.29, 1.82) is 0 Å². The van der Waals surface area contributed by atoms with Crippen LogP contribution in [0, 0.1) is 12.3 Å². The van der Waals surface area contributed by atoms with Gasteiger partial charge in [0.25, 0.3) is 0 Å². The van der Waals surface area contributed by atoms with Gasteiger partial charge in [-0.2, -0.15) is 0 Å². The Morgan fingerprint density at radius 1 is 1.36 bits per heavy atom. The summed E-state index contributed by atoms with van der Waals surface area (Å²) in [4.78, 5) is 8.75. The third kappa shape index (κ3) is 3.07. The largest absolute Gasteiger partial charge is 0.325 e. The summed E-state index contributed by atoms with van der Waals surface area (Å²) < 4.78 is 0. The first-order valence-electron chi connectivity index (χ1n) is 4.94. The zero-order valence-electron chi connectivity index (χ0n) is 9.46. The van der Waals surface area contributed by atoms with Crippen LogP contribution in [0.3, 0.4) is 0 Å². The van der Waals surface area contributed by atoms with E-state index in [1.165, 1.54) is 0 Å². The van der Waals surface area contributed by atoms with E-state index < -0.39 is 0 Å². The van der Waals surface area contributed by atoms with E-state index in [9.17, 15) is 0 Å². The fourth-order valence-electron chi connectivity index (χ4n) is 1.28. The molecular formula is C11H19N3. The summed E-state index contributed by atoms with van der Waals surface area (Å²) in [5.41, 5.74) is 7.85. The van der Waals surface area contributed by atoms with E-state index in [2.05, 4.69) is 30.7 Å². The normalized spacial score (nSPS) is 11.8. The number of aromatic nitrogens is 2. The molecule has 1 heterocycles. The molecule has 0 aliphatic carbocycles. The van der Waals surface area contributed by atoms with Crippen molar-refractivity contribution < 1.29 is 0 Å². The average molecular weight is 193 g/mol. The summed E-state index contributed by atoms with van der Waals surface area (Å²) in [5, 5.41) is 0. The van der Waals surface area contributed by atoms with Crippen LogP contribution in [0.5, 0.6) is 0 Å². The highest BCUT2D eigenvalue weighted by atomic mass is 14.9. The summed E-state index contributed by atoms with van der Waals surface area (Å²) in [6, 6.07) is 0. The smallest absolute Gasteiger partial charge is 0.129 e. The van der Waals surface area contributed by atoms with Crippen molar-refractivity contribution >= 4 is 0 Å². The first kappa shape index (κ1) is 11.1. The highest BCUT2D eigenvalue weighted by molar-refractivity contribution is 5.15. The lowest BCUT2D eigenvalue weighted by Gasteiger charge is -2.17. The van der Waals surface area contributed by atoms with Crippen LogP contribution in [0.1, 0.15) is 37.9 Å². The van der Waals surface area contributed by atoms with Crippen molar-refractivity contribution in [2.45, 2.75) is 40.7 Å². The molecule has 2 N–H and O–H groups in total. The second kappa shape index (κ2) is 4.05. The highest BCUT2D eigenvalue weighted by Gasteiger charge is 2.13. The molecule has 78 valence electrons. The van der Waals surface area contributed by atoms with Crippen molar-refractivity contribution in [3.63, 3.8) is 0 Å². The molecule has 14 heavy (non-hydrogen) atoms. The maximum Gasteiger partial charge on any atom is 0.129 e. The van der Waals surface area contributed by atoms with Gasteiger partial charge in [0.1, 0.15) is 5.82 Å². The van der Waals surface area contributed by atoms with Crippen LogP contribution in [0.4, 0.5) is 0 Å². The number of hydrogen-bond donors (Lipinski definition) is 1. The van der Waals surface area contributed by atoms with Crippen molar-refractivity contribution in [2.24, 2.45) is 11.1 Å². The van der Waals surface area contributed by atoms with Gasteiger partial charge in [0.15, 0.2) is 0 Å². The molecule has 0 atom stereocenters. The van der Waals surface area contributed by atoms with Crippen LogP contribution in [0.25, 0.3) is 0 Å². The van der Waals surface area contributed by atoms with E-state index in [0.717, 1.165) is 23.5 Å². The van der Waals surface area contributed by atoms with Crippen LogP contribution in [0.2, 0.25) is 0 Å². The van der Waals surface area contributed by atoms with Gasteiger partial charge < -0.3 is 5.73 Å².